The summed E-state index contributed by atoms with van der Waals surface area (Å²) in [5.74, 6) is 0.220. The average Bonchev–Trinajstić information content (AvgIpc) is 2.47. The van der Waals surface area contributed by atoms with Crippen molar-refractivity contribution in [2.24, 2.45) is 5.92 Å². The highest BCUT2D eigenvalue weighted by atomic mass is 19.1. The van der Waals surface area contributed by atoms with Crippen LogP contribution in [0, 0.1) is 5.92 Å². The van der Waals surface area contributed by atoms with Crippen LogP contribution in [0.4, 0.5) is 4.39 Å². The Labute approximate surface area is 113 Å². The molecule has 1 fully saturated rings. The zero-order valence-electron chi connectivity index (χ0n) is 11.2. The Morgan fingerprint density at radius 3 is 2.79 bits per heavy atom. The maximum absolute atomic E-state index is 12.5. The van der Waals surface area contributed by atoms with Gasteiger partial charge >= 0.3 is 5.97 Å². The van der Waals surface area contributed by atoms with Gasteiger partial charge in [0.25, 0.3) is 0 Å². The van der Waals surface area contributed by atoms with Crippen LogP contribution in [0.15, 0.2) is 24.3 Å². The lowest BCUT2D eigenvalue weighted by Gasteiger charge is -2.30. The molecule has 1 N–H and O–H groups in total. The SMILES string of the molecule is COC(=O)C[C@@H]1CCN[C@H](c2ccc(CF)cc2)C1. The van der Waals surface area contributed by atoms with E-state index in [4.69, 9.17) is 4.74 Å². The summed E-state index contributed by atoms with van der Waals surface area (Å²) in [6.45, 7) is 0.473. The summed E-state index contributed by atoms with van der Waals surface area (Å²) in [4.78, 5) is 11.3. The second kappa shape index (κ2) is 6.66. The Hall–Kier alpha value is -1.42. The number of hydrogen-bond donors (Lipinski definition) is 1. The minimum absolute atomic E-state index is 0.140. The molecule has 0 unspecified atom stereocenters. The highest BCUT2D eigenvalue weighted by molar-refractivity contribution is 5.69. The van der Waals surface area contributed by atoms with E-state index in [0.29, 0.717) is 17.9 Å². The van der Waals surface area contributed by atoms with Gasteiger partial charge in [-0.3, -0.25) is 4.79 Å². The molecule has 19 heavy (non-hydrogen) atoms. The van der Waals surface area contributed by atoms with Gasteiger partial charge in [0, 0.05) is 12.5 Å². The van der Waals surface area contributed by atoms with Crippen LogP contribution < -0.4 is 5.32 Å². The fourth-order valence-electron chi connectivity index (χ4n) is 2.59. The van der Waals surface area contributed by atoms with Crippen LogP contribution in [0.3, 0.4) is 0 Å². The molecule has 0 aromatic heterocycles. The van der Waals surface area contributed by atoms with Gasteiger partial charge in [0.15, 0.2) is 0 Å². The topological polar surface area (TPSA) is 38.3 Å². The number of carbonyl (C=O) groups is 1. The molecule has 0 amide bonds. The molecule has 1 aromatic rings. The van der Waals surface area contributed by atoms with Crippen molar-refractivity contribution in [3.05, 3.63) is 35.4 Å². The molecular weight excluding hydrogens is 245 g/mol. The third kappa shape index (κ3) is 3.77. The van der Waals surface area contributed by atoms with Crippen LogP contribution in [0.25, 0.3) is 0 Å². The molecule has 1 aromatic carbocycles. The Morgan fingerprint density at radius 2 is 2.16 bits per heavy atom. The summed E-state index contributed by atoms with van der Waals surface area (Å²) in [5.41, 5.74) is 1.86. The van der Waals surface area contributed by atoms with Crippen molar-refractivity contribution in [2.75, 3.05) is 13.7 Å². The molecule has 1 aliphatic rings. The van der Waals surface area contributed by atoms with Gasteiger partial charge in [-0.15, -0.1) is 0 Å². The van der Waals surface area contributed by atoms with E-state index in [9.17, 15) is 9.18 Å². The summed E-state index contributed by atoms with van der Waals surface area (Å²) >= 11 is 0. The van der Waals surface area contributed by atoms with Crippen LogP contribution in [0.5, 0.6) is 0 Å². The number of methoxy groups -OCH3 is 1. The van der Waals surface area contributed by atoms with Crippen LogP contribution in [0.1, 0.15) is 36.4 Å². The van der Waals surface area contributed by atoms with Gasteiger partial charge in [-0.1, -0.05) is 24.3 Å². The van der Waals surface area contributed by atoms with Gasteiger partial charge in [-0.05, 0) is 36.4 Å². The minimum atomic E-state index is -0.427. The number of nitrogens with one attached hydrogen (secondary N) is 1. The molecular formula is C15H20FNO2. The third-order valence-electron chi connectivity index (χ3n) is 3.73. The summed E-state index contributed by atoms with van der Waals surface area (Å²) in [6, 6.07) is 7.82. The first-order valence-corrected chi connectivity index (χ1v) is 6.68. The fraction of sp³-hybridized carbons (Fsp3) is 0.533. The molecule has 0 bridgehead atoms. The summed E-state index contributed by atoms with van der Waals surface area (Å²) in [7, 11) is 1.43. The standard InChI is InChI=1S/C15H20FNO2/c1-19-15(18)9-12-6-7-17-14(8-12)13-4-2-11(10-16)3-5-13/h2-5,12,14,17H,6-10H2,1H3/t12-,14+/m1/s1. The largest absolute Gasteiger partial charge is 0.469 e. The van der Waals surface area contributed by atoms with Gasteiger partial charge in [0.05, 0.1) is 7.11 Å². The van der Waals surface area contributed by atoms with Crippen molar-refractivity contribution < 1.29 is 13.9 Å². The van der Waals surface area contributed by atoms with Gasteiger partial charge in [-0.25, -0.2) is 4.39 Å². The van der Waals surface area contributed by atoms with Crippen molar-refractivity contribution >= 4 is 5.97 Å². The van der Waals surface area contributed by atoms with Crippen molar-refractivity contribution in [3.63, 3.8) is 0 Å². The number of esters is 1. The van der Waals surface area contributed by atoms with Gasteiger partial charge < -0.3 is 10.1 Å². The third-order valence-corrected chi connectivity index (χ3v) is 3.73. The van der Waals surface area contributed by atoms with E-state index in [1.54, 1.807) is 0 Å². The number of alkyl halides is 1. The predicted octanol–water partition coefficient (Wildman–Crippen LogP) is 2.76. The van der Waals surface area contributed by atoms with E-state index in [1.165, 1.54) is 7.11 Å². The van der Waals surface area contributed by atoms with Crippen molar-refractivity contribution in [1.82, 2.24) is 5.32 Å². The van der Waals surface area contributed by atoms with Crippen LogP contribution in [0.2, 0.25) is 0 Å². The molecule has 0 spiro atoms. The normalized spacial score (nSPS) is 23.1. The maximum Gasteiger partial charge on any atom is 0.305 e. The van der Waals surface area contributed by atoms with Gasteiger partial charge in [0.2, 0.25) is 0 Å². The quantitative estimate of drug-likeness (QED) is 0.851. The van der Waals surface area contributed by atoms with Crippen LogP contribution >= 0.6 is 0 Å². The number of piperidine rings is 1. The van der Waals surface area contributed by atoms with E-state index < -0.39 is 6.67 Å². The smallest absolute Gasteiger partial charge is 0.305 e. The Bertz CT molecular complexity index is 419. The fourth-order valence-corrected chi connectivity index (χ4v) is 2.59. The Morgan fingerprint density at radius 1 is 1.42 bits per heavy atom. The molecule has 0 radical (unpaired) electrons. The van der Waals surface area contributed by atoms with Gasteiger partial charge in [0.1, 0.15) is 6.67 Å². The molecule has 4 heteroatoms. The van der Waals surface area contributed by atoms with E-state index in [1.807, 2.05) is 24.3 Å². The molecule has 3 nitrogen and oxygen atoms in total. The minimum Gasteiger partial charge on any atom is -0.469 e. The zero-order valence-corrected chi connectivity index (χ0v) is 11.2. The van der Waals surface area contributed by atoms with E-state index in [0.717, 1.165) is 24.9 Å². The first kappa shape index (κ1) is 14.0. The summed E-state index contributed by atoms with van der Waals surface area (Å²) in [5, 5.41) is 3.45. The lowest BCUT2D eigenvalue weighted by molar-refractivity contribution is -0.142. The van der Waals surface area contributed by atoms with Crippen LogP contribution in [-0.2, 0) is 16.2 Å². The highest BCUT2D eigenvalue weighted by Crippen LogP contribution is 2.29. The molecule has 0 aliphatic carbocycles. The first-order chi connectivity index (χ1) is 9.22. The predicted molar refractivity (Wildman–Crippen MR) is 71.4 cm³/mol. The molecule has 1 saturated heterocycles. The number of rotatable bonds is 4. The Kier molecular flexibility index (Phi) is 4.91. The molecule has 1 aliphatic heterocycles. The number of benzene rings is 1. The number of halogens is 1. The van der Waals surface area contributed by atoms with Crippen LogP contribution in [-0.4, -0.2) is 19.6 Å². The summed E-state index contributed by atoms with van der Waals surface area (Å²) < 4.78 is 17.2. The molecule has 2 rings (SSSR count). The van der Waals surface area contributed by atoms with E-state index >= 15 is 0 Å². The molecule has 1 heterocycles. The number of ether oxygens (including phenoxy) is 1. The number of hydrogen-bond acceptors (Lipinski definition) is 3. The Balaban J connectivity index is 1.97. The second-order valence-corrected chi connectivity index (χ2v) is 5.05. The van der Waals surface area contributed by atoms with Crippen molar-refractivity contribution in [3.8, 4) is 0 Å². The lowest BCUT2D eigenvalue weighted by Crippen LogP contribution is -2.32. The number of carbonyl (C=O) groups excluding carboxylic acids is 1. The van der Waals surface area contributed by atoms with Gasteiger partial charge in [-0.2, -0.15) is 0 Å². The maximum atomic E-state index is 12.5. The molecule has 0 saturated carbocycles. The first-order valence-electron chi connectivity index (χ1n) is 6.68. The highest BCUT2D eigenvalue weighted by Gasteiger charge is 2.24. The van der Waals surface area contributed by atoms with E-state index in [-0.39, 0.29) is 12.0 Å². The molecule has 104 valence electrons. The monoisotopic (exact) mass is 265 g/mol. The van der Waals surface area contributed by atoms with Crippen molar-refractivity contribution in [1.29, 1.82) is 0 Å². The van der Waals surface area contributed by atoms with E-state index in [2.05, 4.69) is 5.32 Å². The lowest BCUT2D eigenvalue weighted by atomic mass is 9.86. The summed E-state index contributed by atoms with van der Waals surface area (Å²) in [6.07, 6.45) is 2.40. The average molecular weight is 265 g/mol. The zero-order chi connectivity index (χ0) is 13.7. The second-order valence-electron chi connectivity index (χ2n) is 5.05. The van der Waals surface area contributed by atoms with Crippen molar-refractivity contribution in [2.45, 2.75) is 32.0 Å². The molecule has 2 atom stereocenters.